The molecule has 0 aromatic rings. The molecule has 2 heterocycles. The second-order valence-electron chi connectivity index (χ2n) is 3.66. The maximum absolute atomic E-state index is 5.30. The lowest BCUT2D eigenvalue weighted by atomic mass is 10.2. The van der Waals surface area contributed by atoms with E-state index in [1.807, 2.05) is 20.8 Å². The van der Waals surface area contributed by atoms with Crippen LogP contribution in [0.5, 0.6) is 0 Å². The van der Waals surface area contributed by atoms with Crippen LogP contribution < -0.4 is 0 Å². The van der Waals surface area contributed by atoms with Crippen molar-refractivity contribution in [3.05, 3.63) is 0 Å². The fourth-order valence-corrected chi connectivity index (χ4v) is 1.17. The molecule has 2 aliphatic rings. The minimum atomic E-state index is -0.620. The topological polar surface area (TPSA) is 61.9 Å². The van der Waals surface area contributed by atoms with Gasteiger partial charge in [-0.15, -0.1) is 5.11 Å². The summed E-state index contributed by atoms with van der Waals surface area (Å²) in [5, 5.41) is 8.39. The summed E-state index contributed by atoms with van der Waals surface area (Å²) in [6.45, 7) is 5.82. The molecule has 0 radical (unpaired) electrons. The van der Waals surface area contributed by atoms with Gasteiger partial charge in [0, 0.05) is 5.92 Å². The summed E-state index contributed by atoms with van der Waals surface area (Å²) in [6.07, 6.45) is 0. The van der Waals surface area contributed by atoms with Gasteiger partial charge in [0.1, 0.15) is 0 Å². The van der Waals surface area contributed by atoms with Gasteiger partial charge in [0.15, 0.2) is 5.40 Å². The first kappa shape index (κ1) is 9.52. The Labute approximate surface area is 84.3 Å². The molecule has 6 nitrogen and oxygen atoms in total. The van der Waals surface area contributed by atoms with Crippen LogP contribution in [0.1, 0.15) is 20.8 Å². The summed E-state index contributed by atoms with van der Waals surface area (Å²) in [5.41, 5.74) is 0. The highest BCUT2D eigenvalue weighted by atomic mass is 31.0. The van der Waals surface area contributed by atoms with Gasteiger partial charge in [-0.05, 0) is 17.3 Å². The summed E-state index contributed by atoms with van der Waals surface area (Å²) in [7, 11) is 2.50. The van der Waals surface area contributed by atoms with Crippen LogP contribution in [0, 0.1) is 5.92 Å². The lowest BCUT2D eigenvalue weighted by molar-refractivity contribution is -0.00428. The van der Waals surface area contributed by atoms with E-state index in [2.05, 4.69) is 29.6 Å². The second kappa shape index (κ2) is 2.98. The number of hydrogen-bond donors (Lipinski definition) is 0. The number of fused-ring (bicyclic) bond motifs is 1. The smallest absolute Gasteiger partial charge is 0.288 e. The molecule has 2 aliphatic heterocycles. The largest absolute Gasteiger partial charge is 0.337 e. The highest BCUT2D eigenvalue weighted by Gasteiger charge is 2.32. The predicted molar refractivity (Wildman–Crippen MR) is 55.6 cm³/mol. The van der Waals surface area contributed by atoms with Crippen LogP contribution >= 0.6 is 9.24 Å². The molecule has 7 heteroatoms. The Morgan fingerprint density at radius 2 is 2.21 bits per heavy atom. The van der Waals surface area contributed by atoms with E-state index in [4.69, 9.17) is 4.84 Å². The summed E-state index contributed by atoms with van der Waals surface area (Å²) in [5.74, 6) is 1.29. The van der Waals surface area contributed by atoms with Gasteiger partial charge in [-0.1, -0.05) is 23.1 Å². The highest BCUT2D eigenvalue weighted by molar-refractivity contribution is 7.18. The van der Waals surface area contributed by atoms with Gasteiger partial charge in [0.2, 0.25) is 5.90 Å². The molecule has 0 aromatic heterocycles. The lowest BCUT2D eigenvalue weighted by Crippen LogP contribution is -2.27. The van der Waals surface area contributed by atoms with E-state index in [0.29, 0.717) is 11.9 Å². The van der Waals surface area contributed by atoms with Crippen molar-refractivity contribution in [1.29, 1.82) is 0 Å². The van der Waals surface area contributed by atoms with E-state index in [1.54, 1.807) is 0 Å². The Kier molecular flexibility index (Phi) is 2.03. The van der Waals surface area contributed by atoms with E-state index in [0.717, 1.165) is 0 Å². The van der Waals surface area contributed by atoms with E-state index in [-0.39, 0.29) is 5.92 Å². The van der Waals surface area contributed by atoms with Crippen LogP contribution in [-0.2, 0) is 4.84 Å². The molecule has 0 fully saturated rings. The van der Waals surface area contributed by atoms with Crippen molar-refractivity contribution in [2.24, 2.45) is 26.2 Å². The summed E-state index contributed by atoms with van der Waals surface area (Å²) in [4.78, 5) is 13.8. The molecule has 0 spiro atoms. The van der Waals surface area contributed by atoms with Crippen LogP contribution in [0.25, 0.3) is 0 Å². The van der Waals surface area contributed by atoms with Crippen molar-refractivity contribution < 1.29 is 4.84 Å². The molecule has 2 atom stereocenters. The van der Waals surface area contributed by atoms with Crippen molar-refractivity contribution in [2.75, 3.05) is 0 Å². The monoisotopic (exact) mass is 213 g/mol. The van der Waals surface area contributed by atoms with Crippen LogP contribution in [0.3, 0.4) is 0 Å². The Bertz CT molecular complexity index is 346. The molecule has 0 aromatic carbocycles. The molecule has 76 valence electrons. The van der Waals surface area contributed by atoms with Gasteiger partial charge < -0.3 is 4.84 Å². The summed E-state index contributed by atoms with van der Waals surface area (Å²) < 4.78 is 0. The predicted octanol–water partition coefficient (Wildman–Crippen LogP) is 1.57. The van der Waals surface area contributed by atoms with Gasteiger partial charge in [0.05, 0.1) is 0 Å². The van der Waals surface area contributed by atoms with Crippen molar-refractivity contribution in [2.45, 2.75) is 26.2 Å². The summed E-state index contributed by atoms with van der Waals surface area (Å²) in [6, 6.07) is 0. The van der Waals surface area contributed by atoms with E-state index >= 15 is 0 Å². The fourth-order valence-electron chi connectivity index (χ4n) is 1.01. The minimum absolute atomic E-state index is 0.217. The SMILES string of the molecule is CC(C)C1=NC2=NC(C)(P)N=NN2O1. The molecule has 0 saturated heterocycles. The van der Waals surface area contributed by atoms with Crippen molar-refractivity contribution in [3.8, 4) is 0 Å². The average Bonchev–Trinajstić information content (AvgIpc) is 2.45. The number of nitrogens with zero attached hydrogens (tertiary/aromatic N) is 5. The molecule has 0 saturated carbocycles. The number of aliphatic imine (C=N–C) groups is 2. The standard InChI is InChI=1S/C7H12N5OP/c1-4(2)5-8-6-9-7(3,14)10-11-12(6)13-5/h4H,14H2,1-3H3. The molecule has 0 N–H and O–H groups in total. The molecular weight excluding hydrogens is 201 g/mol. The Morgan fingerprint density at radius 3 is 2.86 bits per heavy atom. The first-order valence-electron chi connectivity index (χ1n) is 4.36. The van der Waals surface area contributed by atoms with E-state index in [1.165, 1.54) is 5.17 Å². The molecule has 2 rings (SSSR count). The lowest BCUT2D eigenvalue weighted by Gasteiger charge is -2.19. The van der Waals surface area contributed by atoms with Crippen LogP contribution in [0.2, 0.25) is 0 Å². The molecule has 0 amide bonds. The van der Waals surface area contributed by atoms with Gasteiger partial charge >= 0.3 is 0 Å². The van der Waals surface area contributed by atoms with Gasteiger partial charge in [0.25, 0.3) is 5.96 Å². The van der Waals surface area contributed by atoms with Crippen LogP contribution in [-0.4, -0.2) is 22.4 Å². The maximum atomic E-state index is 5.30. The first-order valence-corrected chi connectivity index (χ1v) is 4.94. The third-order valence-electron chi connectivity index (χ3n) is 1.71. The van der Waals surface area contributed by atoms with Crippen molar-refractivity contribution in [3.63, 3.8) is 0 Å². The highest BCUT2D eigenvalue weighted by Crippen LogP contribution is 2.28. The number of hydrogen-bond acceptors (Lipinski definition) is 6. The van der Waals surface area contributed by atoms with Crippen LogP contribution in [0.4, 0.5) is 0 Å². The maximum Gasteiger partial charge on any atom is 0.288 e. The second-order valence-corrected chi connectivity index (χ2v) is 4.76. The quantitative estimate of drug-likeness (QED) is 0.620. The van der Waals surface area contributed by atoms with E-state index < -0.39 is 5.40 Å². The molecule has 0 aliphatic carbocycles. The first-order chi connectivity index (χ1) is 6.48. The fraction of sp³-hybridized carbons (Fsp3) is 0.714. The Morgan fingerprint density at radius 1 is 1.50 bits per heavy atom. The zero-order valence-corrected chi connectivity index (χ0v) is 9.45. The van der Waals surface area contributed by atoms with Crippen molar-refractivity contribution in [1.82, 2.24) is 5.17 Å². The molecule has 14 heavy (non-hydrogen) atoms. The third-order valence-corrected chi connectivity index (χ3v) is 1.95. The Hall–Kier alpha value is -1.03. The van der Waals surface area contributed by atoms with Crippen LogP contribution in [0.15, 0.2) is 20.3 Å². The van der Waals surface area contributed by atoms with Gasteiger partial charge in [-0.25, -0.2) is 4.99 Å². The Balaban J connectivity index is 2.28. The van der Waals surface area contributed by atoms with E-state index in [9.17, 15) is 0 Å². The minimum Gasteiger partial charge on any atom is -0.337 e. The normalized spacial score (nSPS) is 29.9. The van der Waals surface area contributed by atoms with Gasteiger partial charge in [-0.2, -0.15) is 4.99 Å². The zero-order valence-electron chi connectivity index (χ0n) is 8.30. The number of guanidine groups is 1. The van der Waals surface area contributed by atoms with Crippen molar-refractivity contribution >= 4 is 21.1 Å². The molecule has 0 bridgehead atoms. The molecule has 2 unspecified atom stereocenters. The van der Waals surface area contributed by atoms with Gasteiger partial charge in [-0.3, -0.25) is 0 Å². The average molecular weight is 213 g/mol. The molecular formula is C7H12N5OP. The summed E-state index contributed by atoms with van der Waals surface area (Å²) >= 11 is 0. The number of hydroxylamine groups is 1. The zero-order chi connectivity index (χ0) is 10.3. The number of rotatable bonds is 1. The third kappa shape index (κ3) is 1.62.